The molecule has 8 nitrogen and oxygen atoms in total. The number of aliphatic hydroxyl groups is 1. The summed E-state index contributed by atoms with van der Waals surface area (Å²) in [7, 11) is -3.49. The van der Waals surface area contributed by atoms with Crippen molar-refractivity contribution in [3.05, 3.63) is 10.2 Å². The zero-order valence-electron chi connectivity index (χ0n) is 29.1. The molecule has 2 heterocycles. The lowest BCUT2D eigenvalue weighted by atomic mass is 9.87. The molecule has 0 spiro atoms. The number of aliphatic hydroxyl groups excluding tert-OH is 1. The molecule has 0 aromatic carbocycles. The number of carbonyl (C=O) groups is 2. The van der Waals surface area contributed by atoms with E-state index in [2.05, 4.69) is 109 Å². The molecule has 2 aliphatic heterocycles. The van der Waals surface area contributed by atoms with Gasteiger partial charge in [0.25, 0.3) is 0 Å². The Balaban J connectivity index is 2.52. The largest absolute Gasteiger partial charge is 0.469 e. The SMILES string of the molecule is C=C(I)C[C@H](Cl)CCC(=O)C#C[C@H](O)C1O[C@H]2CC[C@H](CC(=O)OC)O[C@@H]2C(O[Si](C)(C)C(C)(C)C)C1O[Si](C)(C)C(C)(C)C. The summed E-state index contributed by atoms with van der Waals surface area (Å²) in [6.45, 7) is 25.5. The number of rotatable bonds is 12. The summed E-state index contributed by atoms with van der Waals surface area (Å²) in [6, 6.07) is 0. The Kier molecular flexibility index (Phi) is 14.9. The van der Waals surface area contributed by atoms with Crippen molar-refractivity contribution in [3.8, 4) is 11.8 Å². The van der Waals surface area contributed by atoms with Gasteiger partial charge in [-0.3, -0.25) is 9.59 Å². The van der Waals surface area contributed by atoms with E-state index in [4.69, 9.17) is 34.7 Å². The van der Waals surface area contributed by atoms with E-state index in [0.29, 0.717) is 25.7 Å². The molecule has 0 amide bonds. The molecule has 8 atom stereocenters. The fraction of sp³-hybridized carbons (Fsp3) is 0.818. The number of carbonyl (C=O) groups excluding carboxylic acids is 2. The molecule has 258 valence electrons. The lowest BCUT2D eigenvalue weighted by molar-refractivity contribution is -0.267. The third-order valence-electron chi connectivity index (χ3n) is 9.69. The van der Waals surface area contributed by atoms with E-state index in [1.165, 1.54) is 7.11 Å². The Labute approximate surface area is 292 Å². The zero-order chi connectivity index (χ0) is 34.5. The Bertz CT molecular complexity index is 1110. The van der Waals surface area contributed by atoms with Gasteiger partial charge >= 0.3 is 5.97 Å². The van der Waals surface area contributed by atoms with Crippen molar-refractivity contribution in [2.45, 2.75) is 164 Å². The van der Waals surface area contributed by atoms with Crippen molar-refractivity contribution in [2.24, 2.45) is 0 Å². The number of alkyl halides is 1. The molecule has 0 bridgehead atoms. The van der Waals surface area contributed by atoms with Crippen LogP contribution < -0.4 is 0 Å². The first kappa shape index (κ1) is 40.9. The number of esters is 1. The molecular weight excluding hydrogens is 743 g/mol. The highest BCUT2D eigenvalue weighted by atomic mass is 127. The van der Waals surface area contributed by atoms with E-state index in [0.717, 1.165) is 3.58 Å². The molecule has 0 saturated carbocycles. The lowest BCUT2D eigenvalue weighted by Crippen LogP contribution is -2.68. The number of hydrogen-bond donors (Lipinski definition) is 1. The smallest absolute Gasteiger partial charge is 0.308 e. The molecule has 2 fully saturated rings. The molecule has 0 aromatic rings. The van der Waals surface area contributed by atoms with E-state index in [9.17, 15) is 14.7 Å². The highest BCUT2D eigenvalue weighted by Crippen LogP contribution is 2.45. The standard InChI is InChI=1S/C33H56ClIO8Si2/c1-21(35)19-22(34)13-14-23(36)15-17-25(37)28-30(42-44(9,10)32(2,3)4)31(43-45(11,12)33(5,6)7)29-26(41-28)18-16-24(40-29)20-27(38)39-8/h22,24-26,28-31,37H,1,13-14,16,18-20H2,2-12H3/t22-,24-,25+,26+,28?,29+,30?,31?/m1/s1. The van der Waals surface area contributed by atoms with Crippen LogP contribution in [0.1, 0.15) is 80.1 Å². The van der Waals surface area contributed by atoms with Crippen LogP contribution in [0, 0.1) is 11.8 Å². The van der Waals surface area contributed by atoms with Gasteiger partial charge in [0.05, 0.1) is 25.7 Å². The Morgan fingerprint density at radius 1 is 1.02 bits per heavy atom. The van der Waals surface area contributed by atoms with Gasteiger partial charge < -0.3 is 28.2 Å². The average Bonchev–Trinajstić information content (AvgIpc) is 2.89. The number of allylic oxidation sites excluding steroid dienone is 1. The van der Waals surface area contributed by atoms with Crippen molar-refractivity contribution in [2.75, 3.05) is 7.11 Å². The third kappa shape index (κ3) is 11.7. The molecule has 12 heteroatoms. The maximum absolute atomic E-state index is 12.7. The van der Waals surface area contributed by atoms with E-state index >= 15 is 0 Å². The second-order valence-corrected chi connectivity index (χ2v) is 27.1. The topological polar surface area (TPSA) is 101 Å². The van der Waals surface area contributed by atoms with E-state index < -0.39 is 53.3 Å². The van der Waals surface area contributed by atoms with Crippen LogP contribution in [0.5, 0.6) is 0 Å². The minimum Gasteiger partial charge on any atom is -0.469 e. The van der Waals surface area contributed by atoms with E-state index in [-0.39, 0.29) is 46.2 Å². The summed E-state index contributed by atoms with van der Waals surface area (Å²) in [5.41, 5.74) is 0. The van der Waals surface area contributed by atoms with Crippen molar-refractivity contribution >= 4 is 62.6 Å². The maximum atomic E-state index is 12.7. The highest BCUT2D eigenvalue weighted by Gasteiger charge is 2.56. The van der Waals surface area contributed by atoms with Gasteiger partial charge in [0.1, 0.15) is 30.5 Å². The van der Waals surface area contributed by atoms with Gasteiger partial charge in [0.15, 0.2) is 16.6 Å². The molecular formula is C33H56ClIO8Si2. The molecule has 2 rings (SSSR count). The zero-order valence-corrected chi connectivity index (χ0v) is 34.0. The Morgan fingerprint density at radius 3 is 2.09 bits per heavy atom. The summed E-state index contributed by atoms with van der Waals surface area (Å²) in [5, 5.41) is 11.1. The number of hydrogen-bond acceptors (Lipinski definition) is 8. The maximum Gasteiger partial charge on any atom is 0.308 e. The minimum atomic E-state index is -2.46. The first-order chi connectivity index (χ1) is 20.5. The molecule has 1 N–H and O–H groups in total. The van der Waals surface area contributed by atoms with Crippen LogP contribution in [0.2, 0.25) is 36.3 Å². The number of fused-ring (bicyclic) bond motifs is 1. The summed E-state index contributed by atoms with van der Waals surface area (Å²) in [5.74, 6) is 4.79. The summed E-state index contributed by atoms with van der Waals surface area (Å²) >= 11 is 8.47. The van der Waals surface area contributed by atoms with Crippen LogP contribution in [0.3, 0.4) is 0 Å². The average molecular weight is 799 g/mol. The molecule has 2 saturated heterocycles. The van der Waals surface area contributed by atoms with Gasteiger partial charge in [-0.15, -0.1) is 11.6 Å². The Morgan fingerprint density at radius 2 is 1.58 bits per heavy atom. The third-order valence-corrected chi connectivity index (χ3v) is 19.4. The fourth-order valence-corrected chi connectivity index (χ4v) is 8.58. The van der Waals surface area contributed by atoms with Gasteiger partial charge in [-0.25, -0.2) is 0 Å². The number of methoxy groups -OCH3 is 1. The van der Waals surface area contributed by atoms with Gasteiger partial charge in [0.2, 0.25) is 5.78 Å². The molecule has 2 aliphatic rings. The molecule has 0 aliphatic carbocycles. The van der Waals surface area contributed by atoms with Gasteiger partial charge in [-0.1, -0.05) is 54.0 Å². The normalized spacial score (nSPS) is 27.4. The van der Waals surface area contributed by atoms with Crippen molar-refractivity contribution in [3.63, 3.8) is 0 Å². The van der Waals surface area contributed by atoms with Crippen LogP contribution in [-0.4, -0.2) is 88.7 Å². The lowest BCUT2D eigenvalue weighted by Gasteiger charge is -2.55. The second-order valence-electron chi connectivity index (χ2n) is 15.4. The first-order valence-electron chi connectivity index (χ1n) is 15.9. The van der Waals surface area contributed by atoms with Crippen LogP contribution in [0.25, 0.3) is 0 Å². The number of halogens is 2. The summed E-state index contributed by atoms with van der Waals surface area (Å²) in [6.07, 6.45) is -2.17. The van der Waals surface area contributed by atoms with E-state index in [1.807, 2.05) is 0 Å². The van der Waals surface area contributed by atoms with Crippen LogP contribution in [0.15, 0.2) is 10.2 Å². The molecule has 3 unspecified atom stereocenters. The van der Waals surface area contributed by atoms with Crippen molar-refractivity contribution in [1.29, 1.82) is 0 Å². The van der Waals surface area contributed by atoms with Crippen molar-refractivity contribution in [1.82, 2.24) is 0 Å². The highest BCUT2D eigenvalue weighted by molar-refractivity contribution is 14.1. The predicted molar refractivity (Wildman–Crippen MR) is 193 cm³/mol. The summed E-state index contributed by atoms with van der Waals surface area (Å²) in [4.78, 5) is 24.9. The molecule has 45 heavy (non-hydrogen) atoms. The van der Waals surface area contributed by atoms with Crippen molar-refractivity contribution < 1.29 is 37.8 Å². The van der Waals surface area contributed by atoms with Crippen LogP contribution in [-0.2, 0) is 32.7 Å². The monoisotopic (exact) mass is 798 g/mol. The van der Waals surface area contributed by atoms with Gasteiger partial charge in [-0.05, 0) is 94.0 Å². The van der Waals surface area contributed by atoms with E-state index in [1.54, 1.807) is 0 Å². The van der Waals surface area contributed by atoms with Crippen LogP contribution in [0.4, 0.5) is 0 Å². The fourth-order valence-electron chi connectivity index (χ4n) is 4.88. The number of Topliss-reactive ketones (excluding diaryl/α,β-unsaturated/α-hetero) is 1. The van der Waals surface area contributed by atoms with Gasteiger partial charge in [0, 0.05) is 11.8 Å². The first-order valence-corrected chi connectivity index (χ1v) is 23.3. The second kappa shape index (κ2) is 16.4. The molecule has 0 aromatic heterocycles. The van der Waals surface area contributed by atoms with Crippen LogP contribution >= 0.6 is 34.2 Å². The summed E-state index contributed by atoms with van der Waals surface area (Å²) < 4.78 is 33.2. The van der Waals surface area contributed by atoms with Gasteiger partial charge in [-0.2, -0.15) is 0 Å². The quantitative estimate of drug-likeness (QED) is 0.0549. The predicted octanol–water partition coefficient (Wildman–Crippen LogP) is 7.31. The molecule has 0 radical (unpaired) electrons. The Hall–Kier alpha value is -0.306. The number of ketones is 1. The minimum absolute atomic E-state index is 0.118. The number of ether oxygens (including phenoxy) is 3.